The van der Waals surface area contributed by atoms with Gasteiger partial charge in [-0.05, 0) is 39.7 Å². The van der Waals surface area contributed by atoms with Crippen molar-refractivity contribution in [2.24, 2.45) is 0 Å². The number of anilines is 1. The van der Waals surface area contributed by atoms with Gasteiger partial charge in [-0.15, -0.1) is 0 Å². The third-order valence-corrected chi connectivity index (χ3v) is 2.87. The molecule has 88 valence electrons. The minimum atomic E-state index is -0.835. The summed E-state index contributed by atoms with van der Waals surface area (Å²) in [4.78, 5) is 3.93. The zero-order valence-electron chi connectivity index (χ0n) is 8.75. The highest BCUT2D eigenvalue weighted by Crippen LogP contribution is 2.20. The summed E-state index contributed by atoms with van der Waals surface area (Å²) in [6.45, 7) is 0.416. The predicted molar refractivity (Wildman–Crippen MR) is 65.6 cm³/mol. The van der Waals surface area contributed by atoms with E-state index in [-0.39, 0.29) is 0 Å². The summed E-state index contributed by atoms with van der Waals surface area (Å²) in [5, 5.41) is 3.10. The third-order valence-electron chi connectivity index (χ3n) is 2.24. The van der Waals surface area contributed by atoms with Gasteiger partial charge in [0.15, 0.2) is 11.6 Å². The summed E-state index contributed by atoms with van der Waals surface area (Å²) in [7, 11) is 0. The summed E-state index contributed by atoms with van der Waals surface area (Å²) < 4.78 is 26.5. The molecule has 5 heteroatoms. The number of rotatable bonds is 3. The molecule has 0 amide bonds. The fraction of sp³-hybridized carbons (Fsp3) is 0.0833. The monoisotopic (exact) mass is 298 g/mol. The Morgan fingerprint density at radius 3 is 2.71 bits per heavy atom. The van der Waals surface area contributed by atoms with Crippen LogP contribution in [-0.2, 0) is 6.54 Å². The van der Waals surface area contributed by atoms with Crippen LogP contribution in [0.5, 0.6) is 0 Å². The van der Waals surface area contributed by atoms with Crippen molar-refractivity contribution in [3.8, 4) is 0 Å². The van der Waals surface area contributed by atoms with Gasteiger partial charge in [0.1, 0.15) is 0 Å². The number of halogens is 3. The Morgan fingerprint density at radius 2 is 2.00 bits per heavy atom. The molecule has 0 fully saturated rings. The van der Waals surface area contributed by atoms with E-state index in [0.717, 1.165) is 16.2 Å². The molecular weight excluding hydrogens is 290 g/mol. The lowest BCUT2D eigenvalue weighted by molar-refractivity contribution is 0.507. The minimum absolute atomic E-state index is 0.416. The lowest BCUT2D eigenvalue weighted by atomic mass is 10.2. The number of pyridine rings is 1. The van der Waals surface area contributed by atoms with Crippen molar-refractivity contribution in [3.05, 3.63) is 58.3 Å². The third kappa shape index (κ3) is 3.00. The summed E-state index contributed by atoms with van der Waals surface area (Å²) >= 11 is 3.34. The molecule has 1 aromatic carbocycles. The van der Waals surface area contributed by atoms with Crippen LogP contribution in [0, 0.1) is 11.6 Å². The number of aromatic nitrogens is 1. The lowest BCUT2D eigenvalue weighted by Crippen LogP contribution is -2.01. The molecule has 0 aliphatic rings. The van der Waals surface area contributed by atoms with Gasteiger partial charge in [0.2, 0.25) is 0 Å². The van der Waals surface area contributed by atoms with Gasteiger partial charge >= 0.3 is 0 Å². The van der Waals surface area contributed by atoms with Crippen molar-refractivity contribution in [3.63, 3.8) is 0 Å². The van der Waals surface area contributed by atoms with Crippen molar-refractivity contribution in [2.75, 3.05) is 5.32 Å². The largest absolute Gasteiger partial charge is 0.380 e. The van der Waals surface area contributed by atoms with Gasteiger partial charge in [-0.25, -0.2) is 8.78 Å². The van der Waals surface area contributed by atoms with Crippen molar-refractivity contribution in [1.82, 2.24) is 4.98 Å². The number of nitrogens with zero attached hydrogens (tertiary/aromatic N) is 1. The Kier molecular flexibility index (Phi) is 3.68. The van der Waals surface area contributed by atoms with Crippen LogP contribution in [0.25, 0.3) is 0 Å². The zero-order valence-corrected chi connectivity index (χ0v) is 10.3. The van der Waals surface area contributed by atoms with Gasteiger partial charge in [-0.3, -0.25) is 4.98 Å². The van der Waals surface area contributed by atoms with E-state index in [1.165, 1.54) is 6.07 Å². The summed E-state index contributed by atoms with van der Waals surface area (Å²) in [5.41, 5.74) is 1.53. The van der Waals surface area contributed by atoms with Gasteiger partial charge in [0.25, 0.3) is 0 Å². The van der Waals surface area contributed by atoms with Gasteiger partial charge in [0, 0.05) is 18.9 Å². The molecule has 1 aromatic heterocycles. The molecule has 0 saturated carbocycles. The zero-order chi connectivity index (χ0) is 12.3. The average Bonchev–Trinajstić information content (AvgIpc) is 2.32. The van der Waals surface area contributed by atoms with Crippen LogP contribution in [0.1, 0.15) is 5.56 Å². The Labute approximate surface area is 106 Å². The SMILES string of the molecule is Fc1ccc(CNc2ccncc2Br)cc1F. The highest BCUT2D eigenvalue weighted by Gasteiger charge is 2.03. The van der Waals surface area contributed by atoms with E-state index in [4.69, 9.17) is 0 Å². The molecule has 2 aromatic rings. The van der Waals surface area contributed by atoms with E-state index < -0.39 is 11.6 Å². The predicted octanol–water partition coefficient (Wildman–Crippen LogP) is 3.73. The second-order valence-corrected chi connectivity index (χ2v) is 4.31. The minimum Gasteiger partial charge on any atom is -0.380 e. The maximum atomic E-state index is 13.0. The van der Waals surface area contributed by atoms with Crippen LogP contribution in [0.4, 0.5) is 14.5 Å². The first-order chi connectivity index (χ1) is 8.16. The van der Waals surface area contributed by atoms with Gasteiger partial charge in [-0.2, -0.15) is 0 Å². The van der Waals surface area contributed by atoms with E-state index in [0.29, 0.717) is 12.1 Å². The standard InChI is InChI=1S/C12H9BrF2N2/c13-9-7-16-4-3-12(9)17-6-8-1-2-10(14)11(15)5-8/h1-5,7H,6H2,(H,16,17). The number of nitrogens with one attached hydrogen (secondary N) is 1. The Morgan fingerprint density at radius 1 is 1.18 bits per heavy atom. The highest BCUT2D eigenvalue weighted by molar-refractivity contribution is 9.10. The summed E-state index contributed by atoms with van der Waals surface area (Å²) in [5.74, 6) is -1.67. The quantitative estimate of drug-likeness (QED) is 0.934. The van der Waals surface area contributed by atoms with Gasteiger partial charge < -0.3 is 5.32 Å². The Balaban J connectivity index is 2.08. The van der Waals surface area contributed by atoms with Crippen molar-refractivity contribution >= 4 is 21.6 Å². The maximum absolute atomic E-state index is 13.0. The first-order valence-electron chi connectivity index (χ1n) is 4.94. The topological polar surface area (TPSA) is 24.9 Å². The van der Waals surface area contributed by atoms with Crippen LogP contribution in [-0.4, -0.2) is 4.98 Å². The summed E-state index contributed by atoms with van der Waals surface area (Å²) in [6, 6.07) is 5.63. The van der Waals surface area contributed by atoms with Gasteiger partial charge in [-0.1, -0.05) is 6.07 Å². The normalized spacial score (nSPS) is 10.3. The molecule has 2 rings (SSSR count). The molecule has 1 heterocycles. The molecule has 0 unspecified atom stereocenters. The average molecular weight is 299 g/mol. The first-order valence-corrected chi connectivity index (χ1v) is 5.73. The lowest BCUT2D eigenvalue weighted by Gasteiger charge is -2.08. The Hall–Kier alpha value is -1.49. The number of hydrogen-bond donors (Lipinski definition) is 1. The Bertz CT molecular complexity index is 532. The van der Waals surface area contributed by atoms with Crippen LogP contribution >= 0.6 is 15.9 Å². The highest BCUT2D eigenvalue weighted by atomic mass is 79.9. The van der Waals surface area contributed by atoms with E-state index in [1.54, 1.807) is 24.5 Å². The molecular formula is C12H9BrF2N2. The first kappa shape index (κ1) is 12.0. The molecule has 1 N–H and O–H groups in total. The van der Waals surface area contributed by atoms with Crippen LogP contribution in [0.2, 0.25) is 0 Å². The molecule has 0 atom stereocenters. The molecule has 0 spiro atoms. The summed E-state index contributed by atoms with van der Waals surface area (Å²) in [6.07, 6.45) is 3.31. The smallest absolute Gasteiger partial charge is 0.159 e. The maximum Gasteiger partial charge on any atom is 0.159 e. The fourth-order valence-electron chi connectivity index (χ4n) is 1.37. The second kappa shape index (κ2) is 5.23. The molecule has 0 bridgehead atoms. The van der Waals surface area contributed by atoms with Crippen LogP contribution in [0.3, 0.4) is 0 Å². The van der Waals surface area contributed by atoms with E-state index in [9.17, 15) is 8.78 Å². The van der Waals surface area contributed by atoms with Crippen molar-refractivity contribution < 1.29 is 8.78 Å². The van der Waals surface area contributed by atoms with E-state index >= 15 is 0 Å². The molecule has 17 heavy (non-hydrogen) atoms. The van der Waals surface area contributed by atoms with Crippen molar-refractivity contribution in [2.45, 2.75) is 6.54 Å². The second-order valence-electron chi connectivity index (χ2n) is 3.46. The molecule has 0 aliphatic carbocycles. The molecule has 2 nitrogen and oxygen atoms in total. The number of hydrogen-bond acceptors (Lipinski definition) is 2. The molecule has 0 saturated heterocycles. The van der Waals surface area contributed by atoms with Crippen LogP contribution < -0.4 is 5.32 Å². The van der Waals surface area contributed by atoms with E-state index in [2.05, 4.69) is 26.2 Å². The van der Waals surface area contributed by atoms with Gasteiger partial charge in [0.05, 0.1) is 10.2 Å². The number of benzene rings is 1. The molecule has 0 aliphatic heterocycles. The molecule has 0 radical (unpaired) electrons. The van der Waals surface area contributed by atoms with Crippen molar-refractivity contribution in [1.29, 1.82) is 0 Å². The van der Waals surface area contributed by atoms with E-state index in [1.807, 2.05) is 0 Å². The fourth-order valence-corrected chi connectivity index (χ4v) is 1.76. The van der Waals surface area contributed by atoms with Crippen LogP contribution in [0.15, 0.2) is 41.1 Å².